The van der Waals surface area contributed by atoms with Crippen molar-refractivity contribution in [1.82, 2.24) is 14.9 Å². The van der Waals surface area contributed by atoms with Crippen LogP contribution in [-0.2, 0) is 4.74 Å². The molecule has 1 fully saturated rings. The van der Waals surface area contributed by atoms with Crippen molar-refractivity contribution in [3.8, 4) is 0 Å². The predicted molar refractivity (Wildman–Crippen MR) is 76.5 cm³/mol. The molecule has 1 aliphatic heterocycles. The van der Waals surface area contributed by atoms with Crippen molar-refractivity contribution >= 4 is 11.8 Å². The van der Waals surface area contributed by atoms with Gasteiger partial charge in [0.2, 0.25) is 5.95 Å². The zero-order valence-electron chi connectivity index (χ0n) is 11.1. The summed E-state index contributed by atoms with van der Waals surface area (Å²) in [5, 5.41) is 6.38. The number of hydrogen-bond acceptors (Lipinski definition) is 6. The number of nitrogens with zero attached hydrogens (tertiary/aromatic N) is 3. The van der Waals surface area contributed by atoms with Crippen LogP contribution in [0, 0.1) is 0 Å². The van der Waals surface area contributed by atoms with Crippen molar-refractivity contribution in [3.05, 3.63) is 24.9 Å². The molecular formula is C13H21N5O. The molecule has 1 aromatic rings. The van der Waals surface area contributed by atoms with Crippen molar-refractivity contribution in [2.75, 3.05) is 56.6 Å². The van der Waals surface area contributed by atoms with E-state index in [-0.39, 0.29) is 0 Å². The summed E-state index contributed by atoms with van der Waals surface area (Å²) in [6.07, 6.45) is 3.53. The molecule has 0 radical (unpaired) electrons. The monoisotopic (exact) mass is 263 g/mol. The van der Waals surface area contributed by atoms with Crippen molar-refractivity contribution in [2.24, 2.45) is 0 Å². The summed E-state index contributed by atoms with van der Waals surface area (Å²) in [7, 11) is 0. The first-order valence-electron chi connectivity index (χ1n) is 6.60. The fourth-order valence-corrected chi connectivity index (χ4v) is 1.87. The fourth-order valence-electron chi connectivity index (χ4n) is 1.87. The highest BCUT2D eigenvalue weighted by atomic mass is 16.5. The standard InChI is InChI=1S/C13H21N5O/c1-2-4-15-13-16-5-3-12(17-13)14-6-7-18-8-10-19-11-9-18/h2-3,5H,1,4,6-11H2,(H2,14,15,16,17). The van der Waals surface area contributed by atoms with Crippen LogP contribution >= 0.6 is 0 Å². The minimum Gasteiger partial charge on any atom is -0.379 e. The first kappa shape index (κ1) is 13.8. The largest absolute Gasteiger partial charge is 0.379 e. The van der Waals surface area contributed by atoms with E-state index in [0.29, 0.717) is 12.5 Å². The van der Waals surface area contributed by atoms with Gasteiger partial charge in [0.25, 0.3) is 0 Å². The highest BCUT2D eigenvalue weighted by Crippen LogP contribution is 2.05. The van der Waals surface area contributed by atoms with Crippen molar-refractivity contribution in [1.29, 1.82) is 0 Å². The molecule has 2 N–H and O–H groups in total. The molecule has 0 atom stereocenters. The molecule has 6 heteroatoms. The van der Waals surface area contributed by atoms with Gasteiger partial charge in [0.15, 0.2) is 0 Å². The van der Waals surface area contributed by atoms with Gasteiger partial charge in [-0.15, -0.1) is 6.58 Å². The van der Waals surface area contributed by atoms with Crippen LogP contribution in [0.4, 0.5) is 11.8 Å². The van der Waals surface area contributed by atoms with E-state index < -0.39 is 0 Å². The molecule has 2 heterocycles. The Kier molecular flexibility index (Phi) is 5.58. The summed E-state index contributed by atoms with van der Waals surface area (Å²) in [6, 6.07) is 1.87. The molecule has 0 spiro atoms. The number of ether oxygens (including phenoxy) is 1. The minimum atomic E-state index is 0.622. The lowest BCUT2D eigenvalue weighted by Crippen LogP contribution is -2.39. The minimum absolute atomic E-state index is 0.622. The Balaban J connectivity index is 1.73. The van der Waals surface area contributed by atoms with E-state index >= 15 is 0 Å². The van der Waals surface area contributed by atoms with Gasteiger partial charge >= 0.3 is 0 Å². The topological polar surface area (TPSA) is 62.3 Å². The summed E-state index contributed by atoms with van der Waals surface area (Å²) in [5.41, 5.74) is 0. The van der Waals surface area contributed by atoms with Crippen LogP contribution in [0.25, 0.3) is 0 Å². The number of hydrogen-bond donors (Lipinski definition) is 2. The Labute approximate surface area is 113 Å². The number of aromatic nitrogens is 2. The van der Waals surface area contributed by atoms with E-state index in [1.807, 2.05) is 6.07 Å². The van der Waals surface area contributed by atoms with Crippen LogP contribution in [0.5, 0.6) is 0 Å². The summed E-state index contributed by atoms with van der Waals surface area (Å²) < 4.78 is 5.32. The molecule has 0 aliphatic carbocycles. The Morgan fingerprint density at radius 1 is 1.37 bits per heavy atom. The first-order valence-corrected chi connectivity index (χ1v) is 6.60. The zero-order chi connectivity index (χ0) is 13.3. The lowest BCUT2D eigenvalue weighted by Gasteiger charge is -2.26. The van der Waals surface area contributed by atoms with Gasteiger partial charge < -0.3 is 15.4 Å². The zero-order valence-corrected chi connectivity index (χ0v) is 11.1. The second kappa shape index (κ2) is 7.70. The van der Waals surface area contributed by atoms with Crippen LogP contribution in [0.2, 0.25) is 0 Å². The third-order valence-electron chi connectivity index (χ3n) is 2.90. The number of rotatable bonds is 7. The highest BCUT2D eigenvalue weighted by molar-refractivity contribution is 5.39. The summed E-state index contributed by atoms with van der Waals surface area (Å²) in [5.74, 6) is 1.46. The third-order valence-corrected chi connectivity index (χ3v) is 2.90. The van der Waals surface area contributed by atoms with Crippen LogP contribution < -0.4 is 10.6 Å². The van der Waals surface area contributed by atoms with Gasteiger partial charge in [-0.3, -0.25) is 4.90 Å². The van der Waals surface area contributed by atoms with Gasteiger partial charge in [0.1, 0.15) is 5.82 Å². The lowest BCUT2D eigenvalue weighted by atomic mass is 10.4. The SMILES string of the molecule is C=CCNc1nccc(NCCN2CCOCC2)n1. The Morgan fingerprint density at radius 3 is 3.00 bits per heavy atom. The lowest BCUT2D eigenvalue weighted by molar-refractivity contribution is 0.0398. The second-order valence-electron chi connectivity index (χ2n) is 4.32. The molecular weight excluding hydrogens is 242 g/mol. The fraction of sp³-hybridized carbons (Fsp3) is 0.538. The number of nitrogens with one attached hydrogen (secondary N) is 2. The number of morpholine rings is 1. The van der Waals surface area contributed by atoms with Gasteiger partial charge in [-0.2, -0.15) is 4.98 Å². The van der Waals surface area contributed by atoms with E-state index in [1.165, 1.54) is 0 Å². The molecule has 0 saturated carbocycles. The molecule has 1 saturated heterocycles. The Bertz CT molecular complexity index is 392. The normalized spacial score (nSPS) is 16.0. The van der Waals surface area contributed by atoms with Crippen LogP contribution in [0.1, 0.15) is 0 Å². The molecule has 0 unspecified atom stereocenters. The maximum absolute atomic E-state index is 5.32. The second-order valence-corrected chi connectivity index (χ2v) is 4.32. The molecule has 0 aromatic carbocycles. The smallest absolute Gasteiger partial charge is 0.224 e. The van der Waals surface area contributed by atoms with Gasteiger partial charge in [-0.1, -0.05) is 6.08 Å². The van der Waals surface area contributed by atoms with Crippen molar-refractivity contribution in [2.45, 2.75) is 0 Å². The average Bonchev–Trinajstić information content (AvgIpc) is 2.47. The quantitative estimate of drug-likeness (QED) is 0.710. The summed E-state index contributed by atoms with van der Waals surface area (Å²) in [4.78, 5) is 10.9. The molecule has 104 valence electrons. The Hall–Kier alpha value is -1.66. The third kappa shape index (κ3) is 4.84. The summed E-state index contributed by atoms with van der Waals surface area (Å²) >= 11 is 0. The van der Waals surface area contributed by atoms with E-state index in [9.17, 15) is 0 Å². The maximum Gasteiger partial charge on any atom is 0.224 e. The molecule has 19 heavy (non-hydrogen) atoms. The van der Waals surface area contributed by atoms with E-state index in [0.717, 1.165) is 45.2 Å². The number of anilines is 2. The molecule has 1 aliphatic rings. The van der Waals surface area contributed by atoms with Gasteiger partial charge in [0.05, 0.1) is 13.2 Å². The van der Waals surface area contributed by atoms with Crippen LogP contribution in [0.15, 0.2) is 24.9 Å². The van der Waals surface area contributed by atoms with Gasteiger partial charge in [-0.25, -0.2) is 4.98 Å². The van der Waals surface area contributed by atoms with Crippen molar-refractivity contribution < 1.29 is 4.74 Å². The molecule has 0 bridgehead atoms. The molecule has 6 nitrogen and oxygen atoms in total. The van der Waals surface area contributed by atoms with Crippen LogP contribution in [-0.4, -0.2) is 60.8 Å². The Morgan fingerprint density at radius 2 is 2.21 bits per heavy atom. The van der Waals surface area contributed by atoms with E-state index in [4.69, 9.17) is 4.74 Å². The van der Waals surface area contributed by atoms with E-state index in [2.05, 4.69) is 32.1 Å². The highest BCUT2D eigenvalue weighted by Gasteiger charge is 2.09. The van der Waals surface area contributed by atoms with Crippen LogP contribution in [0.3, 0.4) is 0 Å². The first-order chi connectivity index (χ1) is 9.38. The van der Waals surface area contributed by atoms with Gasteiger partial charge in [-0.05, 0) is 6.07 Å². The molecule has 2 rings (SSSR count). The predicted octanol–water partition coefficient (Wildman–Crippen LogP) is 0.819. The maximum atomic E-state index is 5.32. The molecule has 1 aromatic heterocycles. The van der Waals surface area contributed by atoms with E-state index in [1.54, 1.807) is 12.3 Å². The summed E-state index contributed by atoms with van der Waals surface area (Å²) in [6.45, 7) is 9.89. The molecule has 0 amide bonds. The van der Waals surface area contributed by atoms with Gasteiger partial charge in [0, 0.05) is 38.9 Å². The average molecular weight is 263 g/mol. The van der Waals surface area contributed by atoms with Crippen molar-refractivity contribution in [3.63, 3.8) is 0 Å².